The summed E-state index contributed by atoms with van der Waals surface area (Å²) >= 11 is 0. The lowest BCUT2D eigenvalue weighted by Crippen LogP contribution is -1.91. The number of nitrogens with zero attached hydrogens (tertiary/aromatic N) is 1. The largest absolute Gasteiger partial charge is 0.456 e. The number of para-hydroxylation sites is 2. The standard InChI is InChI=1S/C28H19NO/c1-18-16-26(29-25-12-6-4-8-20(18)25)19-14-15-24-22-10-3-2-9-21(22)23-11-5-7-13-27(23)30-28(24)17-19/h2-17H,1H3. The Morgan fingerprint density at radius 1 is 0.600 bits per heavy atom. The molecule has 142 valence electrons. The zero-order valence-electron chi connectivity index (χ0n) is 16.6. The molecule has 6 rings (SSSR count). The van der Waals surface area contributed by atoms with Gasteiger partial charge >= 0.3 is 0 Å². The van der Waals surface area contributed by atoms with Crippen LogP contribution in [0.5, 0.6) is 11.5 Å². The van der Waals surface area contributed by atoms with E-state index in [0.29, 0.717) is 0 Å². The molecule has 0 saturated heterocycles. The summed E-state index contributed by atoms with van der Waals surface area (Å²) in [5.41, 5.74) is 8.85. The molecular formula is C28H19NO. The number of hydrogen-bond acceptors (Lipinski definition) is 2. The van der Waals surface area contributed by atoms with Crippen molar-refractivity contribution in [3.63, 3.8) is 0 Å². The van der Waals surface area contributed by atoms with Crippen molar-refractivity contribution < 1.29 is 4.74 Å². The Bertz CT molecular complexity index is 1430. The summed E-state index contributed by atoms with van der Waals surface area (Å²) in [6.45, 7) is 2.14. The van der Waals surface area contributed by atoms with Crippen LogP contribution in [-0.2, 0) is 0 Å². The number of hydrogen-bond donors (Lipinski definition) is 0. The van der Waals surface area contributed by atoms with E-state index in [1.165, 1.54) is 22.1 Å². The Morgan fingerprint density at radius 3 is 2.10 bits per heavy atom. The quantitative estimate of drug-likeness (QED) is 0.290. The molecule has 0 amide bonds. The zero-order valence-corrected chi connectivity index (χ0v) is 16.6. The van der Waals surface area contributed by atoms with E-state index >= 15 is 0 Å². The highest BCUT2D eigenvalue weighted by atomic mass is 16.5. The van der Waals surface area contributed by atoms with Gasteiger partial charge in [0.1, 0.15) is 11.5 Å². The molecule has 5 aromatic rings. The van der Waals surface area contributed by atoms with Crippen molar-refractivity contribution in [3.05, 3.63) is 103 Å². The number of ether oxygens (including phenoxy) is 1. The molecule has 2 nitrogen and oxygen atoms in total. The fourth-order valence-electron chi connectivity index (χ4n) is 4.34. The Hall–Kier alpha value is -3.91. The zero-order chi connectivity index (χ0) is 20.1. The first-order chi connectivity index (χ1) is 14.8. The third-order valence-corrected chi connectivity index (χ3v) is 5.81. The highest BCUT2D eigenvalue weighted by Crippen LogP contribution is 2.47. The van der Waals surface area contributed by atoms with Crippen molar-refractivity contribution in [2.24, 2.45) is 0 Å². The lowest BCUT2D eigenvalue weighted by atomic mass is 9.94. The van der Waals surface area contributed by atoms with Crippen molar-refractivity contribution >= 4 is 10.9 Å². The predicted molar refractivity (Wildman–Crippen MR) is 123 cm³/mol. The summed E-state index contributed by atoms with van der Waals surface area (Å²) in [6.07, 6.45) is 0. The smallest absolute Gasteiger partial charge is 0.135 e. The molecule has 1 aliphatic rings. The van der Waals surface area contributed by atoms with Gasteiger partial charge in [-0.25, -0.2) is 4.98 Å². The minimum absolute atomic E-state index is 0.859. The van der Waals surface area contributed by atoms with Crippen LogP contribution in [0.3, 0.4) is 0 Å². The van der Waals surface area contributed by atoms with Gasteiger partial charge < -0.3 is 4.74 Å². The van der Waals surface area contributed by atoms with Gasteiger partial charge in [-0.05, 0) is 53.9 Å². The van der Waals surface area contributed by atoms with Gasteiger partial charge in [-0.3, -0.25) is 0 Å². The van der Waals surface area contributed by atoms with Gasteiger partial charge in [0.05, 0.1) is 11.2 Å². The lowest BCUT2D eigenvalue weighted by Gasteiger charge is -2.12. The average Bonchev–Trinajstić information content (AvgIpc) is 2.93. The Morgan fingerprint density at radius 2 is 1.27 bits per heavy atom. The van der Waals surface area contributed by atoms with E-state index in [9.17, 15) is 0 Å². The number of rotatable bonds is 1. The summed E-state index contributed by atoms with van der Waals surface area (Å²) < 4.78 is 6.44. The van der Waals surface area contributed by atoms with Crippen LogP contribution in [0.15, 0.2) is 97.1 Å². The summed E-state index contributed by atoms with van der Waals surface area (Å²) in [4.78, 5) is 4.91. The van der Waals surface area contributed by atoms with Gasteiger partial charge in [-0.1, -0.05) is 66.7 Å². The maximum Gasteiger partial charge on any atom is 0.135 e. The third kappa shape index (κ3) is 2.61. The molecule has 0 aliphatic carbocycles. The summed E-state index contributed by atoms with van der Waals surface area (Å²) in [6, 6.07) is 33.6. The van der Waals surface area contributed by atoms with Crippen molar-refractivity contribution in [3.8, 4) is 45.0 Å². The summed E-state index contributed by atoms with van der Waals surface area (Å²) in [5.74, 6) is 1.74. The van der Waals surface area contributed by atoms with Crippen LogP contribution in [0.2, 0.25) is 0 Å². The molecule has 2 heteroatoms. The van der Waals surface area contributed by atoms with Crippen LogP contribution in [-0.4, -0.2) is 4.98 Å². The topological polar surface area (TPSA) is 22.1 Å². The third-order valence-electron chi connectivity index (χ3n) is 5.81. The van der Waals surface area contributed by atoms with Gasteiger partial charge in [0.25, 0.3) is 0 Å². The van der Waals surface area contributed by atoms with Crippen molar-refractivity contribution in [2.45, 2.75) is 6.92 Å². The molecule has 0 radical (unpaired) electrons. The SMILES string of the molecule is Cc1cc(-c2ccc3c(c2)Oc2ccccc2-c2ccccc2-3)nc2ccccc12. The van der Waals surface area contributed by atoms with Crippen LogP contribution in [0.4, 0.5) is 0 Å². The Labute approximate surface area is 175 Å². The molecule has 0 fully saturated rings. The molecule has 0 N–H and O–H groups in total. The minimum Gasteiger partial charge on any atom is -0.456 e. The van der Waals surface area contributed by atoms with Gasteiger partial charge in [0, 0.05) is 22.1 Å². The van der Waals surface area contributed by atoms with Crippen molar-refractivity contribution in [2.75, 3.05) is 0 Å². The van der Waals surface area contributed by atoms with E-state index in [1.54, 1.807) is 0 Å². The van der Waals surface area contributed by atoms with Gasteiger partial charge in [0.2, 0.25) is 0 Å². The maximum absolute atomic E-state index is 6.44. The first-order valence-electron chi connectivity index (χ1n) is 10.2. The molecule has 30 heavy (non-hydrogen) atoms. The fraction of sp³-hybridized carbons (Fsp3) is 0.0357. The molecule has 0 bridgehead atoms. The molecule has 2 heterocycles. The lowest BCUT2D eigenvalue weighted by molar-refractivity contribution is 0.488. The highest BCUT2D eigenvalue weighted by Gasteiger charge is 2.20. The summed E-state index contributed by atoms with van der Waals surface area (Å²) in [5, 5.41) is 1.19. The number of pyridine rings is 1. The minimum atomic E-state index is 0.859. The molecule has 0 spiro atoms. The van der Waals surface area contributed by atoms with Crippen LogP contribution in [0.25, 0.3) is 44.4 Å². The van der Waals surface area contributed by atoms with E-state index in [4.69, 9.17) is 9.72 Å². The number of aromatic nitrogens is 1. The number of fused-ring (bicyclic) bond motifs is 6. The Balaban J connectivity index is 1.57. The first-order valence-corrected chi connectivity index (χ1v) is 10.2. The summed E-state index contributed by atoms with van der Waals surface area (Å²) in [7, 11) is 0. The van der Waals surface area contributed by atoms with Crippen LogP contribution >= 0.6 is 0 Å². The van der Waals surface area contributed by atoms with Crippen molar-refractivity contribution in [1.29, 1.82) is 0 Å². The molecule has 0 saturated carbocycles. The molecule has 1 aliphatic heterocycles. The van der Waals surface area contributed by atoms with Crippen LogP contribution < -0.4 is 4.74 Å². The normalized spacial score (nSPS) is 11.8. The number of aryl methyl sites for hydroxylation is 1. The van der Waals surface area contributed by atoms with E-state index in [0.717, 1.165) is 39.4 Å². The van der Waals surface area contributed by atoms with E-state index in [2.05, 4.69) is 85.8 Å². The highest BCUT2D eigenvalue weighted by molar-refractivity contribution is 5.92. The van der Waals surface area contributed by atoms with Crippen molar-refractivity contribution in [1.82, 2.24) is 4.98 Å². The van der Waals surface area contributed by atoms with E-state index < -0.39 is 0 Å². The maximum atomic E-state index is 6.44. The molecule has 1 aromatic heterocycles. The van der Waals surface area contributed by atoms with Crippen LogP contribution in [0, 0.1) is 6.92 Å². The fourth-order valence-corrected chi connectivity index (χ4v) is 4.34. The van der Waals surface area contributed by atoms with E-state index in [1.807, 2.05) is 18.2 Å². The molecule has 0 atom stereocenters. The Kier molecular flexibility index (Phi) is 3.72. The second-order valence-corrected chi connectivity index (χ2v) is 7.70. The van der Waals surface area contributed by atoms with Crippen LogP contribution in [0.1, 0.15) is 5.56 Å². The first kappa shape index (κ1) is 17.0. The molecule has 4 aromatic carbocycles. The van der Waals surface area contributed by atoms with E-state index in [-0.39, 0.29) is 0 Å². The number of benzene rings is 4. The molecule has 0 unspecified atom stereocenters. The van der Waals surface area contributed by atoms with Gasteiger partial charge in [-0.2, -0.15) is 0 Å². The second kappa shape index (κ2) is 6.57. The predicted octanol–water partition coefficient (Wildman–Crippen LogP) is 7.65. The second-order valence-electron chi connectivity index (χ2n) is 7.70. The molecular weight excluding hydrogens is 366 g/mol. The monoisotopic (exact) mass is 385 g/mol. The van der Waals surface area contributed by atoms with Gasteiger partial charge in [-0.15, -0.1) is 0 Å². The average molecular weight is 385 g/mol. The van der Waals surface area contributed by atoms with Gasteiger partial charge in [0.15, 0.2) is 0 Å².